The van der Waals surface area contributed by atoms with E-state index in [4.69, 9.17) is 0 Å². The van der Waals surface area contributed by atoms with E-state index in [2.05, 4.69) is 11.6 Å². The number of hydrogen-bond donors (Lipinski definition) is 1. The van der Waals surface area contributed by atoms with Gasteiger partial charge in [-0.05, 0) is 41.8 Å². The van der Waals surface area contributed by atoms with Gasteiger partial charge in [0.25, 0.3) is 0 Å². The van der Waals surface area contributed by atoms with Crippen LogP contribution in [0.2, 0.25) is 0 Å². The Morgan fingerprint density at radius 1 is 1.02 bits per heavy atom. The fourth-order valence-electron chi connectivity index (χ4n) is 5.50. The van der Waals surface area contributed by atoms with Crippen LogP contribution in [0.4, 0.5) is 4.39 Å². The van der Waals surface area contributed by atoms with Crippen molar-refractivity contribution in [1.82, 2.24) is 24.8 Å². The predicted molar refractivity (Wildman–Crippen MR) is 149 cm³/mol. The van der Waals surface area contributed by atoms with E-state index in [1.54, 1.807) is 34.3 Å². The van der Waals surface area contributed by atoms with Crippen molar-refractivity contribution in [3.05, 3.63) is 108 Å². The quantitative estimate of drug-likeness (QED) is 0.321. The number of aryl methyl sites for hydroxylation is 1. The average Bonchev–Trinajstić information content (AvgIpc) is 2.96. The van der Waals surface area contributed by atoms with Gasteiger partial charge in [-0.1, -0.05) is 54.6 Å². The predicted octanol–water partition coefficient (Wildman–Crippen LogP) is 2.91. The maximum atomic E-state index is 13.9. The summed E-state index contributed by atoms with van der Waals surface area (Å²) in [7, 11) is 0. The van der Waals surface area contributed by atoms with Gasteiger partial charge in [0, 0.05) is 19.4 Å². The number of aromatic hydroxyl groups is 1. The van der Waals surface area contributed by atoms with Gasteiger partial charge < -0.3 is 14.9 Å². The number of nitrogens with zero attached hydrogens (tertiary/aromatic N) is 5. The Morgan fingerprint density at radius 3 is 2.49 bits per heavy atom. The monoisotopic (exact) mass is 557 g/mol. The highest BCUT2D eigenvalue weighted by Gasteiger charge is 2.51. The fourth-order valence-corrected chi connectivity index (χ4v) is 5.50. The molecule has 9 nitrogen and oxygen atoms in total. The molecule has 41 heavy (non-hydrogen) atoms. The topological polar surface area (TPSA) is 97.3 Å². The molecule has 3 aromatic rings. The van der Waals surface area contributed by atoms with Crippen LogP contribution >= 0.6 is 0 Å². The number of hydrogen-bond acceptors (Lipinski definition) is 6. The molecule has 1 N–H and O–H groups in total. The van der Waals surface area contributed by atoms with E-state index in [1.807, 2.05) is 30.3 Å². The number of hydrazine groups is 1. The van der Waals surface area contributed by atoms with Crippen molar-refractivity contribution in [2.45, 2.75) is 38.0 Å². The average molecular weight is 558 g/mol. The lowest BCUT2D eigenvalue weighted by atomic mass is 9.98. The van der Waals surface area contributed by atoms with Crippen molar-refractivity contribution in [1.29, 1.82) is 0 Å². The minimum Gasteiger partial charge on any atom is -0.508 e. The largest absolute Gasteiger partial charge is 0.508 e. The lowest BCUT2D eigenvalue weighted by Gasteiger charge is -2.55. The van der Waals surface area contributed by atoms with Gasteiger partial charge in [0.2, 0.25) is 23.7 Å². The Morgan fingerprint density at radius 2 is 1.78 bits per heavy atom. The summed E-state index contributed by atoms with van der Waals surface area (Å²) < 4.78 is 13.9. The minimum atomic E-state index is -0.908. The van der Waals surface area contributed by atoms with E-state index in [9.17, 15) is 23.9 Å². The van der Waals surface area contributed by atoms with E-state index < -0.39 is 18.2 Å². The Bertz CT molecular complexity index is 1420. The van der Waals surface area contributed by atoms with Crippen molar-refractivity contribution in [2.24, 2.45) is 0 Å². The molecule has 212 valence electrons. The summed E-state index contributed by atoms with van der Waals surface area (Å²) in [5.74, 6) is -1.34. The number of amides is 3. The Balaban J connectivity index is 1.49. The third-order valence-corrected chi connectivity index (χ3v) is 7.39. The van der Waals surface area contributed by atoms with Gasteiger partial charge in [-0.25, -0.2) is 15.0 Å². The lowest BCUT2D eigenvalue weighted by molar-refractivity contribution is -0.205. The van der Waals surface area contributed by atoms with E-state index in [0.717, 1.165) is 11.1 Å². The molecule has 0 bridgehead atoms. The number of piperazine rings is 1. The Labute approximate surface area is 238 Å². The van der Waals surface area contributed by atoms with Crippen LogP contribution in [0, 0.1) is 5.95 Å². The molecule has 2 fully saturated rings. The molecule has 3 heterocycles. The highest BCUT2D eigenvalue weighted by Crippen LogP contribution is 2.30. The summed E-state index contributed by atoms with van der Waals surface area (Å²) in [4.78, 5) is 48.3. The Hall–Kier alpha value is -4.57. The first kappa shape index (κ1) is 28.0. The first-order valence-corrected chi connectivity index (χ1v) is 13.5. The van der Waals surface area contributed by atoms with Crippen LogP contribution in [-0.2, 0) is 33.8 Å². The molecule has 2 atom stereocenters. The number of halogens is 1. The summed E-state index contributed by atoms with van der Waals surface area (Å²) in [5.41, 5.74) is 2.13. The summed E-state index contributed by atoms with van der Waals surface area (Å²) >= 11 is 0. The number of benzene rings is 2. The number of phenols is 1. The van der Waals surface area contributed by atoms with Crippen LogP contribution in [0.25, 0.3) is 0 Å². The number of pyridine rings is 1. The van der Waals surface area contributed by atoms with Gasteiger partial charge in [0.1, 0.15) is 18.0 Å². The second-order valence-electron chi connectivity index (χ2n) is 10.2. The van der Waals surface area contributed by atoms with Crippen molar-refractivity contribution in [3.8, 4) is 5.75 Å². The second kappa shape index (κ2) is 12.3. The number of phenolic OH excluding ortho intramolecular Hbond substituents is 1. The van der Waals surface area contributed by atoms with E-state index in [-0.39, 0.29) is 62.5 Å². The third-order valence-electron chi connectivity index (χ3n) is 7.39. The molecule has 0 radical (unpaired) electrons. The molecule has 2 aliphatic rings. The molecular weight excluding hydrogens is 525 g/mol. The highest BCUT2D eigenvalue weighted by molar-refractivity contribution is 5.92. The first-order valence-electron chi connectivity index (χ1n) is 13.5. The Kier molecular flexibility index (Phi) is 8.39. The molecule has 5 rings (SSSR count). The standard InChI is InChI=1S/C31H32FN5O4/c1-2-17-35-21-30(40)36-26(18-23-11-14-25(38)15-12-23)31(41)34(19-24-9-6-10-27(32)33-24)20-28(36)37(35)29(39)16-13-22-7-4-3-5-8-22/h2-12,14-15,26,28,38H,1,13,16-21H2/t26-,28?/m0/s1. The lowest BCUT2D eigenvalue weighted by Crippen LogP contribution is -2.75. The zero-order valence-electron chi connectivity index (χ0n) is 22.6. The second-order valence-corrected chi connectivity index (χ2v) is 10.2. The summed E-state index contributed by atoms with van der Waals surface area (Å²) in [5, 5.41) is 13.0. The normalized spacial score (nSPS) is 19.3. The highest BCUT2D eigenvalue weighted by atomic mass is 19.1. The molecule has 0 spiro atoms. The molecule has 1 unspecified atom stereocenters. The van der Waals surface area contributed by atoms with Gasteiger partial charge in [-0.15, -0.1) is 6.58 Å². The molecule has 2 aromatic carbocycles. The molecule has 2 saturated heterocycles. The van der Waals surface area contributed by atoms with Gasteiger partial charge in [0.05, 0.1) is 25.3 Å². The number of fused-ring (bicyclic) bond motifs is 1. The molecule has 1 aromatic heterocycles. The van der Waals surface area contributed by atoms with Crippen LogP contribution in [0.3, 0.4) is 0 Å². The van der Waals surface area contributed by atoms with E-state index in [1.165, 1.54) is 34.1 Å². The molecule has 0 aliphatic carbocycles. The van der Waals surface area contributed by atoms with Crippen LogP contribution in [0.15, 0.2) is 85.5 Å². The van der Waals surface area contributed by atoms with Crippen LogP contribution in [0.1, 0.15) is 23.2 Å². The van der Waals surface area contributed by atoms with Crippen LogP contribution in [-0.4, -0.2) is 79.5 Å². The summed E-state index contributed by atoms with van der Waals surface area (Å²) in [6.07, 6.45) is 1.77. The maximum absolute atomic E-state index is 13.9. The van der Waals surface area contributed by atoms with Crippen LogP contribution < -0.4 is 0 Å². The zero-order valence-corrected chi connectivity index (χ0v) is 22.6. The summed E-state index contributed by atoms with van der Waals surface area (Å²) in [6, 6.07) is 19.6. The van der Waals surface area contributed by atoms with Gasteiger partial charge >= 0.3 is 0 Å². The fraction of sp³-hybridized carbons (Fsp3) is 0.290. The molecule has 2 aliphatic heterocycles. The SMILES string of the molecule is C=CCN1CC(=O)N2C(CN(Cc3cccc(F)n3)C(=O)[C@@H]2Cc2ccc(O)cc2)N1C(=O)CCc1ccccc1. The van der Waals surface area contributed by atoms with Crippen molar-refractivity contribution in [3.63, 3.8) is 0 Å². The van der Waals surface area contributed by atoms with E-state index >= 15 is 0 Å². The van der Waals surface area contributed by atoms with Crippen molar-refractivity contribution < 1.29 is 23.9 Å². The van der Waals surface area contributed by atoms with Gasteiger partial charge in [-0.3, -0.25) is 14.4 Å². The first-order chi connectivity index (χ1) is 19.8. The van der Waals surface area contributed by atoms with Crippen molar-refractivity contribution >= 4 is 17.7 Å². The summed E-state index contributed by atoms with van der Waals surface area (Å²) in [6.45, 7) is 4.06. The van der Waals surface area contributed by atoms with Gasteiger partial charge in [0.15, 0.2) is 0 Å². The van der Waals surface area contributed by atoms with Crippen LogP contribution in [0.5, 0.6) is 5.75 Å². The zero-order chi connectivity index (χ0) is 28.9. The number of rotatable bonds is 9. The molecule has 10 heteroatoms. The molecule has 0 saturated carbocycles. The van der Waals surface area contributed by atoms with Gasteiger partial charge in [-0.2, -0.15) is 4.39 Å². The van der Waals surface area contributed by atoms with Crippen molar-refractivity contribution in [2.75, 3.05) is 19.6 Å². The number of carbonyl (C=O) groups is 3. The molecular formula is C31H32FN5O4. The maximum Gasteiger partial charge on any atom is 0.246 e. The molecule has 3 amide bonds. The van der Waals surface area contributed by atoms with E-state index in [0.29, 0.717) is 12.1 Å². The smallest absolute Gasteiger partial charge is 0.246 e. The minimum absolute atomic E-state index is 0.0225. The number of carbonyl (C=O) groups excluding carboxylic acids is 3. The third kappa shape index (κ3) is 6.28. The number of aromatic nitrogens is 1.